The molecule has 0 radical (unpaired) electrons. The van der Waals surface area contributed by atoms with Crippen LogP contribution >= 0.6 is 22.9 Å². The summed E-state index contributed by atoms with van der Waals surface area (Å²) in [5.74, 6) is 0.0148. The summed E-state index contributed by atoms with van der Waals surface area (Å²) in [6.07, 6.45) is 4.22. The molecule has 3 aromatic rings. The number of rotatable bonds is 9. The number of nitrogens with zero attached hydrogens (tertiary/aromatic N) is 2. The van der Waals surface area contributed by atoms with Crippen molar-refractivity contribution in [3.05, 3.63) is 64.1 Å². The zero-order chi connectivity index (χ0) is 26.7. The molecule has 200 valence electrons. The lowest BCUT2D eigenvalue weighted by Gasteiger charge is -2.36. The van der Waals surface area contributed by atoms with Gasteiger partial charge in [-0.05, 0) is 68.0 Å². The SMILES string of the molecule is O=C(C[C@@H]1C(=O)Nc2ccccc2N1S(=O)(=O)c1ccc(Cl)s1)NCCCCc1ccc2c(n1)NCCC2. The molecular weight excluding hydrogens is 546 g/mol. The Balaban J connectivity index is 1.21. The quantitative estimate of drug-likeness (QED) is 0.330. The number of amides is 2. The van der Waals surface area contributed by atoms with Crippen LogP contribution in [-0.4, -0.2) is 44.3 Å². The van der Waals surface area contributed by atoms with Crippen LogP contribution in [0.3, 0.4) is 0 Å². The zero-order valence-electron chi connectivity index (χ0n) is 20.6. The summed E-state index contributed by atoms with van der Waals surface area (Å²) in [6.45, 7) is 1.36. The third-order valence-electron chi connectivity index (χ3n) is 6.56. The number of aromatic nitrogens is 1. The van der Waals surface area contributed by atoms with Crippen LogP contribution in [0, 0.1) is 0 Å². The molecular formula is C26H28ClN5O4S2. The van der Waals surface area contributed by atoms with Gasteiger partial charge in [0.05, 0.1) is 22.1 Å². The third kappa shape index (κ3) is 5.64. The second-order valence-corrected chi connectivity index (χ2v) is 13.0. The Bertz CT molecular complexity index is 1460. The number of pyridine rings is 1. The number of para-hydroxylation sites is 2. The predicted octanol–water partition coefficient (Wildman–Crippen LogP) is 4.20. The van der Waals surface area contributed by atoms with Crippen LogP contribution in [0.15, 0.2) is 52.7 Å². The van der Waals surface area contributed by atoms with Gasteiger partial charge in [-0.2, -0.15) is 0 Å². The average Bonchev–Trinajstić information content (AvgIpc) is 3.36. The largest absolute Gasteiger partial charge is 0.370 e. The van der Waals surface area contributed by atoms with E-state index in [1.165, 1.54) is 17.7 Å². The summed E-state index contributed by atoms with van der Waals surface area (Å²) in [5, 5.41) is 8.91. The van der Waals surface area contributed by atoms with E-state index in [-0.39, 0.29) is 10.6 Å². The summed E-state index contributed by atoms with van der Waals surface area (Å²) in [4.78, 5) is 30.5. The number of sulfonamides is 1. The molecule has 38 heavy (non-hydrogen) atoms. The first-order valence-corrected chi connectivity index (χ1v) is 15.2. The van der Waals surface area contributed by atoms with Crippen LogP contribution in [0.4, 0.5) is 17.2 Å². The number of thiophene rings is 1. The molecule has 2 amide bonds. The monoisotopic (exact) mass is 573 g/mol. The molecule has 0 saturated carbocycles. The van der Waals surface area contributed by atoms with Crippen molar-refractivity contribution in [3.63, 3.8) is 0 Å². The first-order chi connectivity index (χ1) is 18.3. The van der Waals surface area contributed by atoms with Crippen molar-refractivity contribution < 1.29 is 18.0 Å². The number of unbranched alkanes of at least 4 members (excludes halogenated alkanes) is 1. The molecule has 1 aromatic carbocycles. The molecule has 4 heterocycles. The lowest BCUT2D eigenvalue weighted by molar-refractivity contribution is -0.125. The average molecular weight is 574 g/mol. The third-order valence-corrected chi connectivity index (χ3v) is 10.1. The van der Waals surface area contributed by atoms with E-state index in [9.17, 15) is 18.0 Å². The van der Waals surface area contributed by atoms with Gasteiger partial charge in [0, 0.05) is 18.8 Å². The number of halogens is 1. The van der Waals surface area contributed by atoms with E-state index in [4.69, 9.17) is 16.6 Å². The van der Waals surface area contributed by atoms with Gasteiger partial charge in [0.1, 0.15) is 16.1 Å². The topological polar surface area (TPSA) is 121 Å². The maximum atomic E-state index is 13.6. The van der Waals surface area contributed by atoms with Gasteiger partial charge in [-0.15, -0.1) is 11.3 Å². The Labute approximate surface area is 230 Å². The van der Waals surface area contributed by atoms with Crippen LogP contribution in [0.25, 0.3) is 0 Å². The highest BCUT2D eigenvalue weighted by atomic mass is 35.5. The van der Waals surface area contributed by atoms with E-state index < -0.39 is 27.9 Å². The van der Waals surface area contributed by atoms with E-state index in [0.29, 0.717) is 22.3 Å². The van der Waals surface area contributed by atoms with Gasteiger partial charge in [-0.3, -0.25) is 13.9 Å². The van der Waals surface area contributed by atoms with Crippen molar-refractivity contribution in [3.8, 4) is 0 Å². The van der Waals surface area contributed by atoms with Crippen molar-refractivity contribution >= 4 is 62.0 Å². The van der Waals surface area contributed by atoms with E-state index >= 15 is 0 Å². The number of fused-ring (bicyclic) bond motifs is 2. The van der Waals surface area contributed by atoms with Crippen molar-refractivity contribution in [2.75, 3.05) is 28.0 Å². The summed E-state index contributed by atoms with van der Waals surface area (Å²) in [6, 6.07) is 12.5. The van der Waals surface area contributed by atoms with E-state index in [0.717, 1.165) is 65.8 Å². The molecule has 1 atom stereocenters. The standard InChI is InChI=1S/C26H28ClN5O4S2/c27-22-12-13-24(37-22)38(35,36)32-20-9-2-1-8-19(20)31-26(34)21(32)16-23(33)28-14-4-3-7-18-11-10-17-6-5-15-29-25(17)30-18/h1-2,8-13,21H,3-7,14-16H2,(H,28,33)(H,29,30)(H,31,34)/t21-/m1/s1. The Kier molecular flexibility index (Phi) is 7.87. The highest BCUT2D eigenvalue weighted by molar-refractivity contribution is 7.95. The first kappa shape index (κ1) is 26.5. The van der Waals surface area contributed by atoms with Gasteiger partial charge < -0.3 is 16.0 Å². The molecule has 0 unspecified atom stereocenters. The molecule has 0 fully saturated rings. The maximum absolute atomic E-state index is 13.6. The number of anilines is 3. The molecule has 5 rings (SSSR count). The molecule has 12 heteroatoms. The van der Waals surface area contributed by atoms with Crippen LogP contribution < -0.4 is 20.3 Å². The summed E-state index contributed by atoms with van der Waals surface area (Å²) < 4.78 is 28.5. The number of hydrogen-bond donors (Lipinski definition) is 3. The molecule has 0 spiro atoms. The smallest absolute Gasteiger partial charge is 0.274 e. The van der Waals surface area contributed by atoms with Crippen LogP contribution in [0.2, 0.25) is 4.34 Å². The van der Waals surface area contributed by atoms with E-state index in [1.54, 1.807) is 24.3 Å². The maximum Gasteiger partial charge on any atom is 0.274 e. The van der Waals surface area contributed by atoms with Gasteiger partial charge in [-0.25, -0.2) is 13.4 Å². The van der Waals surface area contributed by atoms with Crippen LogP contribution in [-0.2, 0) is 32.5 Å². The first-order valence-electron chi connectivity index (χ1n) is 12.5. The fourth-order valence-corrected chi connectivity index (χ4v) is 7.89. The van der Waals surface area contributed by atoms with Gasteiger partial charge in [0.25, 0.3) is 10.0 Å². The van der Waals surface area contributed by atoms with Crippen molar-refractivity contribution in [1.29, 1.82) is 0 Å². The summed E-state index contributed by atoms with van der Waals surface area (Å²) >= 11 is 6.90. The minimum atomic E-state index is -4.13. The molecule has 3 N–H and O–H groups in total. The zero-order valence-corrected chi connectivity index (χ0v) is 23.0. The Morgan fingerprint density at radius 2 is 2.00 bits per heavy atom. The number of benzene rings is 1. The molecule has 2 aliphatic rings. The fraction of sp³-hybridized carbons (Fsp3) is 0.346. The fourth-order valence-electron chi connectivity index (χ4n) is 4.68. The Morgan fingerprint density at radius 1 is 1.16 bits per heavy atom. The van der Waals surface area contributed by atoms with Crippen LogP contribution in [0.5, 0.6) is 0 Å². The van der Waals surface area contributed by atoms with Gasteiger partial charge in [0.15, 0.2) is 0 Å². The lowest BCUT2D eigenvalue weighted by Crippen LogP contribution is -2.52. The summed E-state index contributed by atoms with van der Waals surface area (Å²) in [5.41, 5.74) is 2.93. The number of aryl methyl sites for hydroxylation is 2. The normalized spacial score (nSPS) is 16.7. The Morgan fingerprint density at radius 3 is 2.82 bits per heavy atom. The van der Waals surface area contributed by atoms with Gasteiger partial charge in [0.2, 0.25) is 11.8 Å². The lowest BCUT2D eigenvalue weighted by atomic mass is 10.1. The molecule has 2 aliphatic heterocycles. The van der Waals surface area contributed by atoms with Crippen molar-refractivity contribution in [2.45, 2.75) is 48.8 Å². The number of carbonyl (C=O) groups excluding carboxylic acids is 2. The highest BCUT2D eigenvalue weighted by Crippen LogP contribution is 2.39. The summed E-state index contributed by atoms with van der Waals surface area (Å²) in [7, 11) is -4.13. The highest BCUT2D eigenvalue weighted by Gasteiger charge is 2.42. The van der Waals surface area contributed by atoms with Gasteiger partial charge >= 0.3 is 0 Å². The van der Waals surface area contributed by atoms with E-state index in [1.807, 2.05) is 0 Å². The van der Waals surface area contributed by atoms with Gasteiger partial charge in [-0.1, -0.05) is 29.8 Å². The number of carbonyl (C=O) groups is 2. The van der Waals surface area contributed by atoms with Crippen molar-refractivity contribution in [1.82, 2.24) is 10.3 Å². The minimum Gasteiger partial charge on any atom is -0.370 e. The molecule has 9 nitrogen and oxygen atoms in total. The minimum absolute atomic E-state index is 0.00315. The second kappa shape index (κ2) is 11.3. The molecule has 0 saturated heterocycles. The Hall–Kier alpha value is -3.15. The second-order valence-electron chi connectivity index (χ2n) is 9.23. The molecule has 2 aromatic heterocycles. The van der Waals surface area contributed by atoms with Crippen LogP contribution in [0.1, 0.15) is 36.9 Å². The predicted molar refractivity (Wildman–Crippen MR) is 149 cm³/mol. The van der Waals surface area contributed by atoms with E-state index in [2.05, 4.69) is 28.1 Å². The number of hydrogen-bond acceptors (Lipinski definition) is 7. The van der Waals surface area contributed by atoms with Crippen molar-refractivity contribution in [2.24, 2.45) is 0 Å². The molecule has 0 aliphatic carbocycles. The molecule has 0 bridgehead atoms. The number of nitrogens with one attached hydrogen (secondary N) is 3.